The standard InChI is InChI=1S/C50H34N4/c1-4-16-35(17-5-1)41-32-42(37-20-14-22-39(30-37)49-48(36-18-6-2-7-19-36)52-47-28-12-13-29-53(47)49)34-43(33-41)38-21-15-23-40(31-38)50-51-45-26-10-11-27-46(45)54(50)44-24-8-3-9-25-44/h1-34H. The Labute approximate surface area is 313 Å². The van der Waals surface area contributed by atoms with Crippen molar-refractivity contribution >= 4 is 16.7 Å². The highest BCUT2D eigenvalue weighted by Gasteiger charge is 2.18. The lowest BCUT2D eigenvalue weighted by molar-refractivity contribution is 1.10. The highest BCUT2D eigenvalue weighted by atomic mass is 15.1. The van der Waals surface area contributed by atoms with Crippen molar-refractivity contribution in [2.75, 3.05) is 0 Å². The second kappa shape index (κ2) is 13.4. The van der Waals surface area contributed by atoms with Crippen molar-refractivity contribution in [3.63, 3.8) is 0 Å². The molecule has 4 nitrogen and oxygen atoms in total. The molecule has 0 saturated heterocycles. The fraction of sp³-hybridized carbons (Fsp3) is 0. The molecule has 4 heteroatoms. The van der Waals surface area contributed by atoms with Gasteiger partial charge in [-0.2, -0.15) is 0 Å². The topological polar surface area (TPSA) is 35.1 Å². The van der Waals surface area contributed by atoms with E-state index in [9.17, 15) is 0 Å². The van der Waals surface area contributed by atoms with Gasteiger partial charge in [0.15, 0.2) is 0 Å². The number of para-hydroxylation sites is 3. The van der Waals surface area contributed by atoms with Gasteiger partial charge in [-0.1, -0.05) is 133 Å². The predicted octanol–water partition coefficient (Wildman–Crippen LogP) is 12.7. The van der Waals surface area contributed by atoms with Crippen molar-refractivity contribution in [1.82, 2.24) is 18.9 Å². The van der Waals surface area contributed by atoms with Crippen LogP contribution in [0.1, 0.15) is 0 Å². The van der Waals surface area contributed by atoms with Crippen LogP contribution in [0.5, 0.6) is 0 Å². The molecule has 0 amide bonds. The normalized spacial score (nSPS) is 11.3. The van der Waals surface area contributed by atoms with Crippen LogP contribution in [0, 0.1) is 0 Å². The molecule has 0 saturated carbocycles. The molecule has 0 aliphatic rings. The van der Waals surface area contributed by atoms with Gasteiger partial charge in [-0.3, -0.25) is 8.97 Å². The van der Waals surface area contributed by atoms with Crippen LogP contribution in [-0.2, 0) is 0 Å². The van der Waals surface area contributed by atoms with E-state index in [0.29, 0.717) is 0 Å². The zero-order valence-electron chi connectivity index (χ0n) is 29.4. The second-order valence-corrected chi connectivity index (χ2v) is 13.5. The number of imidazole rings is 2. The van der Waals surface area contributed by atoms with Crippen LogP contribution in [-0.4, -0.2) is 18.9 Å². The lowest BCUT2D eigenvalue weighted by atomic mass is 9.92. The maximum absolute atomic E-state index is 5.16. The molecule has 0 fully saturated rings. The minimum absolute atomic E-state index is 0.915. The summed E-state index contributed by atoms with van der Waals surface area (Å²) in [5.41, 5.74) is 16.2. The number of fused-ring (bicyclic) bond motifs is 2. The SMILES string of the molecule is c1ccc(-c2cc(-c3cccc(-c4nc5ccccc5n4-c4ccccc4)c3)cc(-c3cccc(-c4c(-c5ccccc5)nc5ccccn45)c3)c2)cc1. The largest absolute Gasteiger partial charge is 0.299 e. The zero-order valence-corrected chi connectivity index (χ0v) is 29.4. The van der Waals surface area contributed by atoms with Crippen molar-refractivity contribution in [1.29, 1.82) is 0 Å². The Kier molecular flexibility index (Phi) is 7.77. The van der Waals surface area contributed by atoms with Gasteiger partial charge in [-0.25, -0.2) is 9.97 Å². The van der Waals surface area contributed by atoms with E-state index in [1.165, 1.54) is 5.56 Å². The van der Waals surface area contributed by atoms with E-state index in [2.05, 4.69) is 203 Å². The first-order valence-corrected chi connectivity index (χ1v) is 18.2. The molecule has 0 aliphatic carbocycles. The van der Waals surface area contributed by atoms with Crippen LogP contribution in [0.15, 0.2) is 206 Å². The molecular weight excluding hydrogens is 657 g/mol. The summed E-state index contributed by atoms with van der Waals surface area (Å²) in [6.45, 7) is 0. The molecule has 3 aromatic heterocycles. The van der Waals surface area contributed by atoms with Crippen molar-refractivity contribution in [3.8, 4) is 73.0 Å². The van der Waals surface area contributed by atoms with Crippen LogP contribution in [0.4, 0.5) is 0 Å². The summed E-state index contributed by atoms with van der Waals surface area (Å²) in [6, 6.07) is 70.7. The minimum atomic E-state index is 0.915. The molecule has 0 unspecified atom stereocenters. The Morgan fingerprint density at radius 2 is 0.870 bits per heavy atom. The summed E-state index contributed by atoms with van der Waals surface area (Å²) in [5.74, 6) is 0.915. The molecule has 7 aromatic carbocycles. The molecule has 10 aromatic rings. The molecule has 0 aliphatic heterocycles. The smallest absolute Gasteiger partial charge is 0.145 e. The fourth-order valence-corrected chi connectivity index (χ4v) is 7.57. The molecule has 10 rings (SSSR count). The van der Waals surface area contributed by atoms with Gasteiger partial charge in [-0.15, -0.1) is 0 Å². The van der Waals surface area contributed by atoms with E-state index >= 15 is 0 Å². The first kappa shape index (κ1) is 31.4. The number of hydrogen-bond donors (Lipinski definition) is 0. The molecule has 0 spiro atoms. The maximum atomic E-state index is 5.16. The highest BCUT2D eigenvalue weighted by molar-refractivity contribution is 5.88. The number of nitrogens with zero attached hydrogens (tertiary/aromatic N) is 4. The van der Waals surface area contributed by atoms with Gasteiger partial charge in [0, 0.05) is 28.6 Å². The van der Waals surface area contributed by atoms with E-state index < -0.39 is 0 Å². The van der Waals surface area contributed by atoms with Crippen LogP contribution >= 0.6 is 0 Å². The number of hydrogen-bond acceptors (Lipinski definition) is 2. The Hall–Kier alpha value is -7.30. The molecule has 3 heterocycles. The Morgan fingerprint density at radius 1 is 0.352 bits per heavy atom. The van der Waals surface area contributed by atoms with Gasteiger partial charge in [0.05, 0.1) is 22.4 Å². The molecule has 0 N–H and O–H groups in total. The van der Waals surface area contributed by atoms with Crippen LogP contribution in [0.2, 0.25) is 0 Å². The van der Waals surface area contributed by atoms with Crippen LogP contribution in [0.25, 0.3) is 89.7 Å². The number of aromatic nitrogens is 4. The minimum Gasteiger partial charge on any atom is -0.299 e. The number of pyridine rings is 1. The molecule has 54 heavy (non-hydrogen) atoms. The van der Waals surface area contributed by atoms with Crippen LogP contribution in [0.3, 0.4) is 0 Å². The summed E-state index contributed by atoms with van der Waals surface area (Å²) >= 11 is 0. The molecule has 0 bridgehead atoms. The fourth-order valence-electron chi connectivity index (χ4n) is 7.57. The first-order chi connectivity index (χ1) is 26.8. The third-order valence-corrected chi connectivity index (χ3v) is 10.1. The van der Waals surface area contributed by atoms with Gasteiger partial charge in [0.2, 0.25) is 0 Å². The molecule has 0 atom stereocenters. The zero-order chi connectivity index (χ0) is 35.8. The number of rotatable bonds is 7. The third kappa shape index (κ3) is 5.67. The summed E-state index contributed by atoms with van der Waals surface area (Å²) in [5, 5.41) is 0. The van der Waals surface area contributed by atoms with E-state index in [-0.39, 0.29) is 0 Å². The highest BCUT2D eigenvalue weighted by Crippen LogP contribution is 2.38. The first-order valence-electron chi connectivity index (χ1n) is 18.2. The third-order valence-electron chi connectivity index (χ3n) is 10.1. The van der Waals surface area contributed by atoms with Gasteiger partial charge >= 0.3 is 0 Å². The van der Waals surface area contributed by atoms with Crippen molar-refractivity contribution < 1.29 is 0 Å². The van der Waals surface area contributed by atoms with Crippen molar-refractivity contribution in [2.45, 2.75) is 0 Å². The van der Waals surface area contributed by atoms with Crippen molar-refractivity contribution in [3.05, 3.63) is 206 Å². The summed E-state index contributed by atoms with van der Waals surface area (Å²) in [7, 11) is 0. The second-order valence-electron chi connectivity index (χ2n) is 13.5. The lowest BCUT2D eigenvalue weighted by Gasteiger charge is -2.14. The Bertz CT molecular complexity index is 2920. The quantitative estimate of drug-likeness (QED) is 0.167. The van der Waals surface area contributed by atoms with Gasteiger partial charge in [0.1, 0.15) is 11.5 Å². The summed E-state index contributed by atoms with van der Waals surface area (Å²) in [4.78, 5) is 10.3. The van der Waals surface area contributed by atoms with Gasteiger partial charge in [0.25, 0.3) is 0 Å². The Balaban J connectivity index is 1.13. The summed E-state index contributed by atoms with van der Waals surface area (Å²) < 4.78 is 4.46. The van der Waals surface area contributed by atoms with E-state index in [4.69, 9.17) is 9.97 Å². The van der Waals surface area contributed by atoms with Gasteiger partial charge in [-0.05, 0) is 100 Å². The molecule has 254 valence electrons. The van der Waals surface area contributed by atoms with Crippen molar-refractivity contribution in [2.24, 2.45) is 0 Å². The maximum Gasteiger partial charge on any atom is 0.145 e. The average molecular weight is 691 g/mol. The summed E-state index contributed by atoms with van der Waals surface area (Å²) in [6.07, 6.45) is 2.10. The van der Waals surface area contributed by atoms with E-state index in [1.54, 1.807) is 0 Å². The van der Waals surface area contributed by atoms with Gasteiger partial charge < -0.3 is 0 Å². The van der Waals surface area contributed by atoms with E-state index in [1.807, 2.05) is 12.1 Å². The van der Waals surface area contributed by atoms with E-state index in [0.717, 1.165) is 84.1 Å². The predicted molar refractivity (Wildman–Crippen MR) is 222 cm³/mol. The molecular formula is C50H34N4. The number of benzene rings is 7. The van der Waals surface area contributed by atoms with Crippen LogP contribution < -0.4 is 0 Å². The average Bonchev–Trinajstić information content (AvgIpc) is 3.84. The lowest BCUT2D eigenvalue weighted by Crippen LogP contribution is -1.97. The Morgan fingerprint density at radius 3 is 1.59 bits per heavy atom. The monoisotopic (exact) mass is 690 g/mol. The molecule has 0 radical (unpaired) electrons.